The summed E-state index contributed by atoms with van der Waals surface area (Å²) in [5.74, 6) is 0.711. The van der Waals surface area contributed by atoms with Gasteiger partial charge in [-0.2, -0.15) is 0 Å². The minimum Gasteiger partial charge on any atom is -0.497 e. The summed E-state index contributed by atoms with van der Waals surface area (Å²) in [5.41, 5.74) is 1.72. The zero-order valence-corrected chi connectivity index (χ0v) is 18.9. The monoisotopic (exact) mass is 439 g/mol. The first-order valence-corrected chi connectivity index (χ1v) is 11.6. The minimum atomic E-state index is -0.556. The van der Waals surface area contributed by atoms with Crippen LogP contribution in [0.4, 0.5) is 0 Å². The van der Waals surface area contributed by atoms with Gasteiger partial charge in [0.15, 0.2) is 5.13 Å². The van der Waals surface area contributed by atoms with Crippen molar-refractivity contribution in [2.24, 2.45) is 5.41 Å². The van der Waals surface area contributed by atoms with E-state index in [2.05, 4.69) is 32.7 Å². The lowest BCUT2D eigenvalue weighted by Crippen LogP contribution is -2.49. The topological polar surface area (TPSA) is 56.6 Å². The normalized spacial score (nSPS) is 19.3. The van der Waals surface area contributed by atoms with E-state index >= 15 is 0 Å². The molecule has 1 aromatic carbocycles. The second-order valence-electron chi connectivity index (χ2n) is 8.03. The highest BCUT2D eigenvalue weighted by Gasteiger charge is 2.43. The van der Waals surface area contributed by atoms with Gasteiger partial charge in [-0.25, -0.2) is 4.98 Å². The number of nitrogens with zero attached hydrogens (tertiary/aromatic N) is 3. The molecule has 0 radical (unpaired) electrons. The van der Waals surface area contributed by atoms with Crippen molar-refractivity contribution < 1.29 is 14.3 Å². The molecule has 3 aromatic rings. The average Bonchev–Trinajstić information content (AvgIpc) is 3.46. The van der Waals surface area contributed by atoms with Gasteiger partial charge in [-0.15, -0.1) is 11.3 Å². The number of thiazole rings is 1. The second kappa shape index (κ2) is 9.66. The Bertz CT molecular complexity index is 1000. The van der Waals surface area contributed by atoms with Crippen LogP contribution in [0.1, 0.15) is 31.0 Å². The first-order valence-electron chi connectivity index (χ1n) is 10.7. The zero-order chi connectivity index (χ0) is 21.7. The lowest BCUT2D eigenvalue weighted by atomic mass is 9.75. The smallest absolute Gasteiger partial charge is 0.313 e. The number of piperidine rings is 1. The summed E-state index contributed by atoms with van der Waals surface area (Å²) in [6, 6.07) is 12.2. The van der Waals surface area contributed by atoms with E-state index in [0.717, 1.165) is 42.4 Å². The molecular formula is C24H29N3O3S. The van der Waals surface area contributed by atoms with E-state index in [1.54, 1.807) is 18.4 Å². The van der Waals surface area contributed by atoms with Crippen molar-refractivity contribution in [1.29, 1.82) is 0 Å². The summed E-state index contributed by atoms with van der Waals surface area (Å²) in [5, 5.41) is 2.95. The SMILES string of the molecule is CCOC(=O)[C@]1(Cc2cccc(OC)c2)CCCN(Cc2cccn2-c2nccs2)C1. The predicted molar refractivity (Wildman–Crippen MR) is 122 cm³/mol. The lowest BCUT2D eigenvalue weighted by molar-refractivity contribution is -0.159. The maximum atomic E-state index is 13.2. The van der Waals surface area contributed by atoms with Crippen LogP contribution in [0.2, 0.25) is 0 Å². The van der Waals surface area contributed by atoms with Crippen molar-refractivity contribution in [3.63, 3.8) is 0 Å². The third-order valence-corrected chi connectivity index (χ3v) is 6.66. The first kappa shape index (κ1) is 21.6. The van der Waals surface area contributed by atoms with Gasteiger partial charge in [-0.1, -0.05) is 12.1 Å². The molecule has 7 heteroatoms. The van der Waals surface area contributed by atoms with Crippen LogP contribution < -0.4 is 4.74 Å². The number of ether oxygens (including phenoxy) is 2. The Hall–Kier alpha value is -2.64. The molecule has 0 spiro atoms. The molecule has 1 saturated heterocycles. The lowest BCUT2D eigenvalue weighted by Gasteiger charge is -2.41. The van der Waals surface area contributed by atoms with E-state index in [0.29, 0.717) is 19.6 Å². The molecule has 6 nitrogen and oxygen atoms in total. The molecule has 0 unspecified atom stereocenters. The molecule has 2 aromatic heterocycles. The maximum Gasteiger partial charge on any atom is 0.313 e. The predicted octanol–water partition coefficient (Wildman–Crippen LogP) is 4.33. The Labute approximate surface area is 187 Å². The quantitative estimate of drug-likeness (QED) is 0.489. The van der Waals surface area contributed by atoms with Crippen LogP contribution in [0.25, 0.3) is 5.13 Å². The number of carbonyl (C=O) groups is 1. The largest absolute Gasteiger partial charge is 0.497 e. The van der Waals surface area contributed by atoms with Crippen LogP contribution in [-0.4, -0.2) is 47.2 Å². The van der Waals surface area contributed by atoms with Crippen molar-refractivity contribution in [1.82, 2.24) is 14.5 Å². The molecule has 3 heterocycles. The van der Waals surface area contributed by atoms with E-state index in [1.807, 2.05) is 42.9 Å². The van der Waals surface area contributed by atoms with E-state index in [1.165, 1.54) is 5.69 Å². The third-order valence-electron chi connectivity index (χ3n) is 5.89. The molecule has 4 rings (SSSR count). The van der Waals surface area contributed by atoms with E-state index in [9.17, 15) is 4.79 Å². The second-order valence-corrected chi connectivity index (χ2v) is 8.90. The summed E-state index contributed by atoms with van der Waals surface area (Å²) in [4.78, 5) is 20.0. The van der Waals surface area contributed by atoms with E-state index in [4.69, 9.17) is 9.47 Å². The molecule has 1 aliphatic heterocycles. The molecule has 1 aliphatic rings. The van der Waals surface area contributed by atoms with Crippen LogP contribution in [-0.2, 0) is 22.5 Å². The highest BCUT2D eigenvalue weighted by Crippen LogP contribution is 2.36. The minimum absolute atomic E-state index is 0.0992. The molecule has 31 heavy (non-hydrogen) atoms. The maximum absolute atomic E-state index is 13.2. The zero-order valence-electron chi connectivity index (χ0n) is 18.1. The van der Waals surface area contributed by atoms with Crippen LogP contribution in [0.15, 0.2) is 54.2 Å². The highest BCUT2D eigenvalue weighted by molar-refractivity contribution is 7.12. The molecular weight excluding hydrogens is 410 g/mol. The number of carbonyl (C=O) groups excluding carboxylic acids is 1. The number of hydrogen-bond acceptors (Lipinski definition) is 6. The van der Waals surface area contributed by atoms with Crippen molar-refractivity contribution in [3.05, 3.63) is 65.4 Å². The van der Waals surface area contributed by atoms with Gasteiger partial charge in [-0.3, -0.25) is 14.3 Å². The Morgan fingerprint density at radius 2 is 2.19 bits per heavy atom. The molecule has 0 N–H and O–H groups in total. The molecule has 1 fully saturated rings. The molecule has 0 aliphatic carbocycles. The number of aromatic nitrogens is 2. The van der Waals surface area contributed by atoms with Crippen LogP contribution >= 0.6 is 11.3 Å². The van der Waals surface area contributed by atoms with Gasteiger partial charge in [0, 0.05) is 36.6 Å². The van der Waals surface area contributed by atoms with Gasteiger partial charge in [0.2, 0.25) is 0 Å². The molecule has 1 atom stereocenters. The number of esters is 1. The molecule has 0 amide bonds. The summed E-state index contributed by atoms with van der Waals surface area (Å²) in [6.07, 6.45) is 6.30. The number of methoxy groups -OCH3 is 1. The Kier molecular flexibility index (Phi) is 6.73. The number of likely N-dealkylation sites (tertiary alicyclic amines) is 1. The van der Waals surface area contributed by atoms with Crippen molar-refractivity contribution in [2.45, 2.75) is 32.7 Å². The third kappa shape index (κ3) is 4.83. The van der Waals surface area contributed by atoms with Crippen LogP contribution in [0, 0.1) is 5.41 Å². The fraction of sp³-hybridized carbons (Fsp3) is 0.417. The number of benzene rings is 1. The number of hydrogen-bond donors (Lipinski definition) is 0. The van der Waals surface area contributed by atoms with Crippen molar-refractivity contribution >= 4 is 17.3 Å². The first-order chi connectivity index (χ1) is 15.1. The summed E-state index contributed by atoms with van der Waals surface area (Å²) in [7, 11) is 1.67. The van der Waals surface area contributed by atoms with Crippen molar-refractivity contribution in [2.75, 3.05) is 26.8 Å². The molecule has 0 bridgehead atoms. The summed E-state index contributed by atoms with van der Waals surface area (Å²) in [6.45, 7) is 4.67. The highest BCUT2D eigenvalue weighted by atomic mass is 32.1. The van der Waals surface area contributed by atoms with Gasteiger partial charge in [0.25, 0.3) is 0 Å². The molecule has 0 saturated carbocycles. The van der Waals surface area contributed by atoms with Crippen LogP contribution in [0.3, 0.4) is 0 Å². The summed E-state index contributed by atoms with van der Waals surface area (Å²) < 4.78 is 13.1. The Balaban J connectivity index is 1.57. The van der Waals surface area contributed by atoms with E-state index in [-0.39, 0.29) is 5.97 Å². The standard InChI is InChI=1S/C24H29N3O3S/c1-3-30-22(28)24(16-19-7-4-9-21(15-19)29-2)10-6-12-26(18-24)17-20-8-5-13-27(20)23-25-11-14-31-23/h4-5,7-9,11,13-15H,3,6,10,12,16-18H2,1-2H3/t24-/m0/s1. The van der Waals surface area contributed by atoms with Crippen LogP contribution in [0.5, 0.6) is 5.75 Å². The van der Waals surface area contributed by atoms with Gasteiger partial charge in [0.1, 0.15) is 5.75 Å². The average molecular weight is 440 g/mol. The fourth-order valence-corrected chi connectivity index (χ4v) is 5.16. The number of rotatable bonds is 8. The van der Waals surface area contributed by atoms with E-state index < -0.39 is 5.41 Å². The van der Waals surface area contributed by atoms with Gasteiger partial charge >= 0.3 is 5.97 Å². The fourth-order valence-electron chi connectivity index (χ4n) is 4.50. The Morgan fingerprint density at radius 1 is 1.29 bits per heavy atom. The summed E-state index contributed by atoms with van der Waals surface area (Å²) >= 11 is 1.62. The van der Waals surface area contributed by atoms with Gasteiger partial charge < -0.3 is 9.47 Å². The van der Waals surface area contributed by atoms with Crippen molar-refractivity contribution in [3.8, 4) is 10.9 Å². The van der Waals surface area contributed by atoms with Gasteiger partial charge in [-0.05, 0) is 62.6 Å². The molecule has 164 valence electrons. The Morgan fingerprint density at radius 3 is 2.97 bits per heavy atom. The van der Waals surface area contributed by atoms with Gasteiger partial charge in [0.05, 0.1) is 19.1 Å².